The predicted molar refractivity (Wildman–Crippen MR) is 34.4 cm³/mol. The summed E-state index contributed by atoms with van der Waals surface area (Å²) in [6.45, 7) is 1.59. The summed E-state index contributed by atoms with van der Waals surface area (Å²) in [5, 5.41) is -2.94. The van der Waals surface area contributed by atoms with Crippen LogP contribution < -0.4 is 0 Å². The molecule has 0 atom stereocenters. The molecule has 10 heavy (non-hydrogen) atoms. The first-order valence-corrected chi connectivity index (χ1v) is 3.53. The molecule has 0 radical (unpaired) electrons. The van der Waals surface area contributed by atoms with Gasteiger partial charge in [-0.1, -0.05) is 0 Å². The van der Waals surface area contributed by atoms with Crippen molar-refractivity contribution in [2.45, 2.75) is 12.3 Å². The highest BCUT2D eigenvalue weighted by Gasteiger charge is 2.32. The van der Waals surface area contributed by atoms with E-state index in [1.165, 1.54) is 0 Å². The average molecular weight is 185 g/mol. The molecule has 1 aromatic rings. The van der Waals surface area contributed by atoms with E-state index in [1.54, 1.807) is 6.92 Å². The zero-order valence-electron chi connectivity index (χ0n) is 4.94. The van der Waals surface area contributed by atoms with E-state index in [0.29, 0.717) is 5.01 Å². The van der Waals surface area contributed by atoms with Gasteiger partial charge in [-0.25, -0.2) is 4.98 Å². The van der Waals surface area contributed by atoms with Gasteiger partial charge in [0.25, 0.3) is 0 Å². The molecule has 0 aliphatic carbocycles. The smallest absolute Gasteiger partial charge is 0.218 e. The van der Waals surface area contributed by atoms with Crippen LogP contribution in [0.2, 0.25) is 0 Å². The molecule has 0 spiro atoms. The summed E-state index contributed by atoms with van der Waals surface area (Å²) in [5.74, 6) is -0.614. The van der Waals surface area contributed by atoms with Crippen molar-refractivity contribution in [2.75, 3.05) is 0 Å². The highest BCUT2D eigenvalue weighted by Crippen LogP contribution is 2.30. The molecule has 0 bridgehead atoms. The van der Waals surface area contributed by atoms with Crippen LogP contribution in [-0.4, -0.2) is 9.36 Å². The molecule has 0 aliphatic rings. The fourth-order valence-electron chi connectivity index (χ4n) is 0.414. The lowest BCUT2D eigenvalue weighted by molar-refractivity contribution is 0.0858. The normalized spacial score (nSPS) is 12.0. The molecule has 1 rings (SSSR count). The largest absolute Gasteiger partial charge is 0.382 e. The minimum Gasteiger partial charge on any atom is -0.218 e. The Morgan fingerprint density at radius 1 is 1.60 bits per heavy atom. The van der Waals surface area contributed by atoms with Crippen molar-refractivity contribution in [1.29, 1.82) is 0 Å². The maximum absolute atomic E-state index is 12.1. The lowest BCUT2D eigenvalue weighted by Crippen LogP contribution is -2.05. The molecule has 1 heterocycles. The van der Waals surface area contributed by atoms with Crippen LogP contribution in [0.25, 0.3) is 0 Å². The van der Waals surface area contributed by atoms with E-state index >= 15 is 0 Å². The van der Waals surface area contributed by atoms with Crippen LogP contribution in [0, 0.1) is 6.92 Å². The van der Waals surface area contributed by atoms with Crippen molar-refractivity contribution in [3.63, 3.8) is 0 Å². The van der Waals surface area contributed by atoms with Crippen molar-refractivity contribution >= 4 is 23.1 Å². The van der Waals surface area contributed by atoms with E-state index < -0.39 is 11.2 Å². The van der Waals surface area contributed by atoms with Gasteiger partial charge in [0.1, 0.15) is 5.01 Å². The SMILES string of the molecule is Cc1nc(C(F)(F)Cl)ns1. The van der Waals surface area contributed by atoms with Crippen molar-refractivity contribution in [1.82, 2.24) is 9.36 Å². The fourth-order valence-corrected chi connectivity index (χ4v) is 1.05. The second-order valence-electron chi connectivity index (χ2n) is 1.63. The number of hydrogen-bond donors (Lipinski definition) is 0. The van der Waals surface area contributed by atoms with Gasteiger partial charge in [0.05, 0.1) is 0 Å². The van der Waals surface area contributed by atoms with Crippen LogP contribution in [0.1, 0.15) is 10.8 Å². The molecule has 1 aromatic heterocycles. The minimum atomic E-state index is -3.43. The molecule has 0 aromatic carbocycles. The highest BCUT2D eigenvalue weighted by atomic mass is 35.5. The molecule has 0 amide bonds. The molecule has 0 saturated carbocycles. The number of aromatic nitrogens is 2. The van der Waals surface area contributed by atoms with Crippen LogP contribution in [0.4, 0.5) is 8.78 Å². The van der Waals surface area contributed by atoms with E-state index in [2.05, 4.69) is 21.0 Å². The second kappa shape index (κ2) is 2.39. The summed E-state index contributed by atoms with van der Waals surface area (Å²) in [6, 6.07) is 0. The molecule has 0 unspecified atom stereocenters. The monoisotopic (exact) mass is 184 g/mol. The van der Waals surface area contributed by atoms with Crippen molar-refractivity contribution in [2.24, 2.45) is 0 Å². The van der Waals surface area contributed by atoms with Crippen molar-refractivity contribution < 1.29 is 8.78 Å². The predicted octanol–water partition coefficient (Wildman–Crippen LogP) is 2.13. The van der Waals surface area contributed by atoms with E-state index in [9.17, 15) is 8.78 Å². The van der Waals surface area contributed by atoms with E-state index in [0.717, 1.165) is 11.5 Å². The number of nitrogens with zero attached hydrogens (tertiary/aromatic N) is 2. The Morgan fingerprint density at radius 3 is 2.40 bits per heavy atom. The zero-order chi connectivity index (χ0) is 7.78. The molecule has 56 valence electrons. The standard InChI is InChI=1S/C4H3ClF2N2S/c1-2-8-3(9-10-2)4(5,6)7/h1H3. The lowest BCUT2D eigenvalue weighted by Gasteiger charge is -1.98. The molecule has 0 aliphatic heterocycles. The van der Waals surface area contributed by atoms with Gasteiger partial charge in [-0.15, -0.1) is 0 Å². The summed E-state index contributed by atoms with van der Waals surface area (Å²) in [4.78, 5) is 3.41. The minimum absolute atomic E-state index is 0.482. The van der Waals surface area contributed by atoms with Crippen molar-refractivity contribution in [3.05, 3.63) is 10.8 Å². The van der Waals surface area contributed by atoms with Gasteiger partial charge < -0.3 is 0 Å². The Hall–Kier alpha value is -0.290. The molecule has 2 nitrogen and oxygen atoms in total. The lowest BCUT2D eigenvalue weighted by atomic mass is 10.6. The Kier molecular flexibility index (Phi) is 1.87. The number of rotatable bonds is 1. The van der Waals surface area contributed by atoms with Gasteiger partial charge in [-0.3, -0.25) is 0 Å². The zero-order valence-corrected chi connectivity index (χ0v) is 6.51. The Balaban J connectivity index is 2.96. The third kappa shape index (κ3) is 1.60. The second-order valence-corrected chi connectivity index (χ2v) is 3.07. The summed E-state index contributed by atoms with van der Waals surface area (Å²) in [7, 11) is 0. The average Bonchev–Trinajstić information content (AvgIpc) is 2.11. The van der Waals surface area contributed by atoms with Gasteiger partial charge in [0, 0.05) is 0 Å². The topological polar surface area (TPSA) is 25.8 Å². The summed E-state index contributed by atoms with van der Waals surface area (Å²) in [5.41, 5.74) is 0. The van der Waals surface area contributed by atoms with Crippen LogP contribution in [-0.2, 0) is 5.38 Å². The van der Waals surface area contributed by atoms with Crippen molar-refractivity contribution in [3.8, 4) is 0 Å². The van der Waals surface area contributed by atoms with Gasteiger partial charge in [-0.2, -0.15) is 13.2 Å². The fraction of sp³-hybridized carbons (Fsp3) is 0.500. The molecule has 6 heteroatoms. The van der Waals surface area contributed by atoms with Gasteiger partial charge in [0.15, 0.2) is 0 Å². The molecule has 0 saturated heterocycles. The summed E-state index contributed by atoms with van der Waals surface area (Å²) >= 11 is 5.53. The first-order chi connectivity index (χ1) is 4.50. The van der Waals surface area contributed by atoms with Gasteiger partial charge >= 0.3 is 5.38 Å². The Bertz CT molecular complexity index is 231. The van der Waals surface area contributed by atoms with Crippen LogP contribution in [0.3, 0.4) is 0 Å². The third-order valence-corrected chi connectivity index (χ3v) is 1.57. The summed E-state index contributed by atoms with van der Waals surface area (Å²) < 4.78 is 27.6. The van der Waals surface area contributed by atoms with Crippen LogP contribution in [0.15, 0.2) is 0 Å². The third-order valence-electron chi connectivity index (χ3n) is 0.781. The molecule has 0 N–H and O–H groups in total. The Morgan fingerprint density at radius 2 is 2.20 bits per heavy atom. The van der Waals surface area contributed by atoms with E-state index in [4.69, 9.17) is 0 Å². The quantitative estimate of drug-likeness (QED) is 0.625. The summed E-state index contributed by atoms with van der Waals surface area (Å²) in [6.07, 6.45) is 0. The maximum atomic E-state index is 12.1. The van der Waals surface area contributed by atoms with Crippen LogP contribution >= 0.6 is 23.1 Å². The van der Waals surface area contributed by atoms with E-state index in [1.807, 2.05) is 0 Å². The van der Waals surface area contributed by atoms with E-state index in [-0.39, 0.29) is 0 Å². The molecule has 0 fully saturated rings. The molecular formula is C4H3ClF2N2S. The Labute approximate surface area is 65.0 Å². The van der Waals surface area contributed by atoms with Gasteiger partial charge in [0.2, 0.25) is 5.82 Å². The highest BCUT2D eigenvalue weighted by molar-refractivity contribution is 7.05. The van der Waals surface area contributed by atoms with Gasteiger partial charge in [-0.05, 0) is 30.1 Å². The first kappa shape index (κ1) is 7.81. The molecular weight excluding hydrogens is 182 g/mol. The first-order valence-electron chi connectivity index (χ1n) is 2.37. The number of halogens is 3. The maximum Gasteiger partial charge on any atom is 0.382 e. The van der Waals surface area contributed by atoms with Crippen LogP contribution in [0.5, 0.6) is 0 Å². The number of alkyl halides is 3. The number of aryl methyl sites for hydroxylation is 1. The number of hydrogen-bond acceptors (Lipinski definition) is 3.